The average Bonchev–Trinajstić information content (AvgIpc) is 3.09. The van der Waals surface area contributed by atoms with Gasteiger partial charge in [0.25, 0.3) is 0 Å². The molecule has 3 nitrogen and oxygen atoms in total. The largest absolute Gasteiger partial charge is 0.309 e. The minimum absolute atomic E-state index is 0.516. The highest BCUT2D eigenvalue weighted by molar-refractivity contribution is 5.37. The quantitative estimate of drug-likeness (QED) is 0.896. The van der Waals surface area contributed by atoms with Gasteiger partial charge in [-0.25, -0.2) is 0 Å². The van der Waals surface area contributed by atoms with Crippen molar-refractivity contribution in [2.45, 2.75) is 44.3 Å². The van der Waals surface area contributed by atoms with Gasteiger partial charge < -0.3 is 10.2 Å². The molecule has 0 saturated carbocycles. The highest BCUT2D eigenvalue weighted by atomic mass is 15.3. The molecule has 0 bridgehead atoms. The lowest BCUT2D eigenvalue weighted by atomic mass is 10.1. The van der Waals surface area contributed by atoms with E-state index in [1.54, 1.807) is 5.56 Å². The maximum atomic E-state index is 3.80. The SMILES string of the molecule is CCCNC1c2ccccc2CC1N1CCC(N(C)C)C1. The van der Waals surface area contributed by atoms with E-state index in [0.717, 1.165) is 12.6 Å². The molecule has 3 heteroatoms. The normalized spacial score (nSPS) is 29.2. The minimum atomic E-state index is 0.516. The minimum Gasteiger partial charge on any atom is -0.309 e. The predicted octanol–water partition coefficient (Wildman–Crippen LogP) is 2.29. The third-order valence-corrected chi connectivity index (χ3v) is 5.21. The first-order valence-corrected chi connectivity index (χ1v) is 8.42. The van der Waals surface area contributed by atoms with Gasteiger partial charge in [0, 0.05) is 31.2 Å². The summed E-state index contributed by atoms with van der Waals surface area (Å²) in [5.41, 5.74) is 3.08. The van der Waals surface area contributed by atoms with Crippen molar-refractivity contribution >= 4 is 0 Å². The number of rotatable bonds is 5. The summed E-state index contributed by atoms with van der Waals surface area (Å²) in [7, 11) is 4.43. The van der Waals surface area contributed by atoms with E-state index in [4.69, 9.17) is 0 Å². The van der Waals surface area contributed by atoms with Gasteiger partial charge in [-0.1, -0.05) is 31.2 Å². The first-order valence-electron chi connectivity index (χ1n) is 8.42. The van der Waals surface area contributed by atoms with Gasteiger partial charge in [0.05, 0.1) is 0 Å². The maximum absolute atomic E-state index is 3.80. The van der Waals surface area contributed by atoms with Gasteiger partial charge in [-0.05, 0) is 51.0 Å². The molecular weight excluding hydrogens is 258 g/mol. The molecule has 0 aromatic heterocycles. The fourth-order valence-corrected chi connectivity index (χ4v) is 3.95. The Balaban J connectivity index is 1.76. The number of fused-ring (bicyclic) bond motifs is 1. The fourth-order valence-electron chi connectivity index (χ4n) is 3.95. The van der Waals surface area contributed by atoms with Crippen LogP contribution in [0.2, 0.25) is 0 Å². The summed E-state index contributed by atoms with van der Waals surface area (Å²) < 4.78 is 0. The molecule has 1 aromatic carbocycles. The van der Waals surface area contributed by atoms with E-state index in [1.807, 2.05) is 0 Å². The average molecular weight is 287 g/mol. The maximum Gasteiger partial charge on any atom is 0.0484 e. The van der Waals surface area contributed by atoms with Gasteiger partial charge >= 0.3 is 0 Å². The number of benzene rings is 1. The molecule has 3 atom stereocenters. The third-order valence-electron chi connectivity index (χ3n) is 5.21. The molecule has 0 amide bonds. The summed E-state index contributed by atoms with van der Waals surface area (Å²) in [6.07, 6.45) is 3.71. The monoisotopic (exact) mass is 287 g/mol. The molecule has 3 rings (SSSR count). The van der Waals surface area contributed by atoms with Crippen LogP contribution in [0.4, 0.5) is 0 Å². The van der Waals surface area contributed by atoms with Crippen molar-refractivity contribution in [2.75, 3.05) is 33.7 Å². The van der Waals surface area contributed by atoms with Crippen LogP contribution < -0.4 is 5.32 Å². The summed E-state index contributed by atoms with van der Waals surface area (Å²) in [5, 5.41) is 3.80. The molecule has 1 fully saturated rings. The van der Waals surface area contributed by atoms with Gasteiger partial charge in [0.15, 0.2) is 0 Å². The standard InChI is InChI=1S/C18H29N3/c1-4-10-19-18-16-8-6-5-7-14(16)12-17(18)21-11-9-15(13-21)20(2)3/h5-8,15,17-19H,4,9-13H2,1-3H3. The lowest BCUT2D eigenvalue weighted by molar-refractivity contribution is 0.186. The Kier molecular flexibility index (Phi) is 4.63. The van der Waals surface area contributed by atoms with E-state index < -0.39 is 0 Å². The number of likely N-dealkylation sites (tertiary alicyclic amines) is 1. The lowest BCUT2D eigenvalue weighted by Crippen LogP contribution is -2.43. The summed E-state index contributed by atoms with van der Waals surface area (Å²) >= 11 is 0. The summed E-state index contributed by atoms with van der Waals surface area (Å²) in [6, 6.07) is 10.9. The predicted molar refractivity (Wildman–Crippen MR) is 88.6 cm³/mol. The number of nitrogens with zero attached hydrogens (tertiary/aromatic N) is 2. The second-order valence-electron chi connectivity index (χ2n) is 6.80. The Morgan fingerprint density at radius 2 is 2.10 bits per heavy atom. The Bertz CT molecular complexity index is 471. The van der Waals surface area contributed by atoms with Crippen LogP contribution in [0.15, 0.2) is 24.3 Å². The van der Waals surface area contributed by atoms with Crippen LogP contribution in [-0.2, 0) is 6.42 Å². The van der Waals surface area contributed by atoms with Crippen LogP contribution in [0, 0.1) is 0 Å². The highest BCUT2D eigenvalue weighted by Crippen LogP contribution is 2.36. The Labute approximate surface area is 129 Å². The van der Waals surface area contributed by atoms with Crippen molar-refractivity contribution in [1.82, 2.24) is 15.1 Å². The molecule has 3 unspecified atom stereocenters. The second-order valence-corrected chi connectivity index (χ2v) is 6.80. The molecule has 1 aromatic rings. The zero-order chi connectivity index (χ0) is 14.8. The number of likely N-dealkylation sites (N-methyl/N-ethyl adjacent to an activating group) is 1. The molecule has 0 spiro atoms. The first-order chi connectivity index (χ1) is 10.2. The van der Waals surface area contributed by atoms with E-state index in [9.17, 15) is 0 Å². The van der Waals surface area contributed by atoms with Crippen LogP contribution in [-0.4, -0.2) is 55.6 Å². The van der Waals surface area contributed by atoms with E-state index in [0.29, 0.717) is 12.1 Å². The van der Waals surface area contributed by atoms with Gasteiger partial charge in [-0.2, -0.15) is 0 Å². The molecule has 1 aliphatic heterocycles. The van der Waals surface area contributed by atoms with E-state index in [-0.39, 0.29) is 0 Å². The molecule has 0 radical (unpaired) electrons. The Hall–Kier alpha value is -0.900. The van der Waals surface area contributed by atoms with Gasteiger partial charge in [0.1, 0.15) is 0 Å². The van der Waals surface area contributed by atoms with Crippen molar-refractivity contribution in [1.29, 1.82) is 0 Å². The first kappa shape index (κ1) is 15.0. The molecule has 1 saturated heterocycles. The van der Waals surface area contributed by atoms with Crippen molar-refractivity contribution in [3.8, 4) is 0 Å². The van der Waals surface area contributed by atoms with Crippen molar-refractivity contribution < 1.29 is 0 Å². The molecule has 116 valence electrons. The number of hydrogen-bond acceptors (Lipinski definition) is 3. The lowest BCUT2D eigenvalue weighted by Gasteiger charge is -2.31. The van der Waals surface area contributed by atoms with E-state index in [1.165, 1.54) is 37.9 Å². The third kappa shape index (κ3) is 3.01. The fraction of sp³-hybridized carbons (Fsp3) is 0.667. The smallest absolute Gasteiger partial charge is 0.0484 e. The molecule has 1 heterocycles. The Morgan fingerprint density at radius 1 is 1.29 bits per heavy atom. The zero-order valence-electron chi connectivity index (χ0n) is 13.7. The van der Waals surface area contributed by atoms with Crippen LogP contribution in [0.1, 0.15) is 36.9 Å². The van der Waals surface area contributed by atoms with Gasteiger partial charge in [0.2, 0.25) is 0 Å². The molecule has 1 N–H and O–H groups in total. The molecule has 2 aliphatic rings. The van der Waals surface area contributed by atoms with Crippen LogP contribution in [0.25, 0.3) is 0 Å². The Morgan fingerprint density at radius 3 is 2.81 bits per heavy atom. The van der Waals surface area contributed by atoms with Gasteiger partial charge in [-0.3, -0.25) is 4.90 Å². The van der Waals surface area contributed by atoms with E-state index in [2.05, 4.69) is 60.4 Å². The van der Waals surface area contributed by atoms with Crippen LogP contribution >= 0.6 is 0 Å². The summed E-state index contributed by atoms with van der Waals surface area (Å²) in [6.45, 7) is 5.82. The second kappa shape index (κ2) is 6.47. The van der Waals surface area contributed by atoms with Crippen LogP contribution in [0.3, 0.4) is 0 Å². The van der Waals surface area contributed by atoms with Crippen molar-refractivity contribution in [3.05, 3.63) is 35.4 Å². The number of nitrogens with one attached hydrogen (secondary N) is 1. The molecule has 1 aliphatic carbocycles. The topological polar surface area (TPSA) is 18.5 Å². The highest BCUT2D eigenvalue weighted by Gasteiger charge is 2.38. The summed E-state index contributed by atoms with van der Waals surface area (Å²) in [5.74, 6) is 0. The van der Waals surface area contributed by atoms with Crippen LogP contribution in [0.5, 0.6) is 0 Å². The van der Waals surface area contributed by atoms with Crippen molar-refractivity contribution in [2.24, 2.45) is 0 Å². The van der Waals surface area contributed by atoms with Crippen molar-refractivity contribution in [3.63, 3.8) is 0 Å². The summed E-state index contributed by atoms with van der Waals surface area (Å²) in [4.78, 5) is 5.11. The number of hydrogen-bond donors (Lipinski definition) is 1. The molecule has 21 heavy (non-hydrogen) atoms. The van der Waals surface area contributed by atoms with Gasteiger partial charge in [-0.15, -0.1) is 0 Å². The molecular formula is C18H29N3. The zero-order valence-corrected chi connectivity index (χ0v) is 13.7. The van der Waals surface area contributed by atoms with E-state index >= 15 is 0 Å².